The second kappa shape index (κ2) is 6.78. The van der Waals surface area contributed by atoms with Crippen molar-refractivity contribution in [3.63, 3.8) is 0 Å². The quantitative estimate of drug-likeness (QED) is 0.855. The van der Waals surface area contributed by atoms with Gasteiger partial charge in [0.25, 0.3) is 0 Å². The van der Waals surface area contributed by atoms with E-state index in [0.717, 1.165) is 44.5 Å². The van der Waals surface area contributed by atoms with Crippen LogP contribution >= 0.6 is 0 Å². The molecule has 0 radical (unpaired) electrons. The van der Waals surface area contributed by atoms with Gasteiger partial charge in [0.05, 0.1) is 5.69 Å². The fourth-order valence-electron chi connectivity index (χ4n) is 4.24. The smallest absolute Gasteiger partial charge is 0.182 e. The molecule has 3 nitrogen and oxygen atoms in total. The predicted molar refractivity (Wildman–Crippen MR) is 85.6 cm³/mol. The number of nitrogens with zero attached hydrogens (tertiary/aromatic N) is 1. The third kappa shape index (κ3) is 3.08. The number of Topliss-reactive ketones (excluding diaryl/α,β-unsaturated/α-hetero) is 1. The molecule has 1 N–H and O–H groups in total. The molecule has 0 bridgehead atoms. The summed E-state index contributed by atoms with van der Waals surface area (Å²) in [5, 5.41) is 3.41. The molecule has 1 aromatic rings. The third-order valence-electron chi connectivity index (χ3n) is 5.50. The standard InChI is InChI=1S/C18H28N2O/c1-2-14-6-3-4-7-16(14)18(21)17-8-5-13-20(17)15-9-11-19-12-10-15/h5,8,13-16,19H,2-4,6-7,9-12H2,1H3. The summed E-state index contributed by atoms with van der Waals surface area (Å²) in [6.45, 7) is 4.37. The minimum Gasteiger partial charge on any atom is -0.342 e. The van der Waals surface area contributed by atoms with Crippen molar-refractivity contribution in [2.24, 2.45) is 11.8 Å². The molecule has 2 unspecified atom stereocenters. The first-order valence-corrected chi connectivity index (χ1v) is 8.73. The van der Waals surface area contributed by atoms with Gasteiger partial charge in [-0.1, -0.05) is 26.2 Å². The number of hydrogen-bond donors (Lipinski definition) is 1. The largest absolute Gasteiger partial charge is 0.342 e. The lowest BCUT2D eigenvalue weighted by atomic mass is 9.75. The molecular formula is C18H28N2O. The lowest BCUT2D eigenvalue weighted by molar-refractivity contribution is 0.0806. The Kier molecular flexibility index (Phi) is 4.79. The van der Waals surface area contributed by atoms with Crippen LogP contribution in [0.5, 0.6) is 0 Å². The Labute approximate surface area is 128 Å². The minimum atomic E-state index is 0.263. The number of piperidine rings is 1. The molecular weight excluding hydrogens is 260 g/mol. The monoisotopic (exact) mass is 288 g/mol. The predicted octanol–water partition coefficient (Wildman–Crippen LogP) is 3.81. The van der Waals surface area contributed by atoms with Crippen LogP contribution in [0.4, 0.5) is 0 Å². The van der Waals surface area contributed by atoms with Crippen LogP contribution in [0.3, 0.4) is 0 Å². The van der Waals surface area contributed by atoms with Gasteiger partial charge in [0.2, 0.25) is 0 Å². The Balaban J connectivity index is 1.79. The highest BCUT2D eigenvalue weighted by molar-refractivity contribution is 5.96. The highest BCUT2D eigenvalue weighted by Crippen LogP contribution is 2.35. The maximum atomic E-state index is 13.1. The summed E-state index contributed by atoms with van der Waals surface area (Å²) in [5.41, 5.74) is 0.965. The van der Waals surface area contributed by atoms with E-state index in [9.17, 15) is 4.79 Å². The summed E-state index contributed by atoms with van der Waals surface area (Å²) in [6.07, 6.45) is 10.4. The van der Waals surface area contributed by atoms with E-state index in [1.807, 2.05) is 6.07 Å². The zero-order valence-corrected chi connectivity index (χ0v) is 13.2. The van der Waals surface area contributed by atoms with Crippen molar-refractivity contribution in [1.82, 2.24) is 9.88 Å². The van der Waals surface area contributed by atoms with Crippen LogP contribution in [0.1, 0.15) is 68.4 Å². The van der Waals surface area contributed by atoms with Crippen molar-refractivity contribution in [1.29, 1.82) is 0 Å². The number of rotatable bonds is 4. The molecule has 21 heavy (non-hydrogen) atoms. The van der Waals surface area contributed by atoms with Gasteiger partial charge in [0.15, 0.2) is 5.78 Å². The van der Waals surface area contributed by atoms with E-state index >= 15 is 0 Å². The SMILES string of the molecule is CCC1CCCCC1C(=O)c1cccn1C1CCNCC1. The summed E-state index contributed by atoms with van der Waals surface area (Å²) >= 11 is 0. The van der Waals surface area contributed by atoms with E-state index < -0.39 is 0 Å². The highest BCUT2D eigenvalue weighted by Gasteiger charge is 2.32. The highest BCUT2D eigenvalue weighted by atomic mass is 16.1. The fraction of sp³-hybridized carbons (Fsp3) is 0.722. The molecule has 116 valence electrons. The summed E-state index contributed by atoms with van der Waals surface area (Å²) < 4.78 is 2.27. The zero-order valence-electron chi connectivity index (χ0n) is 13.2. The number of carbonyl (C=O) groups is 1. The van der Waals surface area contributed by atoms with Gasteiger partial charge in [-0.3, -0.25) is 4.79 Å². The molecule has 1 saturated heterocycles. The van der Waals surface area contributed by atoms with Gasteiger partial charge in [0.1, 0.15) is 0 Å². The minimum absolute atomic E-state index is 0.263. The maximum Gasteiger partial charge on any atom is 0.182 e. The van der Waals surface area contributed by atoms with Crippen molar-refractivity contribution in [2.75, 3.05) is 13.1 Å². The second-order valence-corrected chi connectivity index (χ2v) is 6.71. The molecule has 2 aliphatic rings. The maximum absolute atomic E-state index is 13.1. The normalized spacial score (nSPS) is 27.7. The number of aromatic nitrogens is 1. The molecule has 2 heterocycles. The Morgan fingerprint density at radius 1 is 1.24 bits per heavy atom. The molecule has 0 amide bonds. The molecule has 3 heteroatoms. The number of carbonyl (C=O) groups excluding carboxylic acids is 1. The lowest BCUT2D eigenvalue weighted by Crippen LogP contribution is -2.32. The van der Waals surface area contributed by atoms with E-state index in [-0.39, 0.29) is 5.92 Å². The van der Waals surface area contributed by atoms with Crippen LogP contribution < -0.4 is 5.32 Å². The number of hydrogen-bond acceptors (Lipinski definition) is 2. The molecule has 1 aliphatic heterocycles. The third-order valence-corrected chi connectivity index (χ3v) is 5.50. The molecule has 0 spiro atoms. The Bertz CT molecular complexity index is 473. The van der Waals surface area contributed by atoms with Crippen LogP contribution in [0.2, 0.25) is 0 Å². The van der Waals surface area contributed by atoms with E-state index in [1.165, 1.54) is 19.3 Å². The zero-order chi connectivity index (χ0) is 14.7. The average Bonchev–Trinajstić information content (AvgIpc) is 3.04. The molecule has 1 aliphatic carbocycles. The first kappa shape index (κ1) is 14.8. The van der Waals surface area contributed by atoms with E-state index in [0.29, 0.717) is 17.7 Å². The van der Waals surface area contributed by atoms with E-state index in [4.69, 9.17) is 0 Å². The van der Waals surface area contributed by atoms with Gasteiger partial charge in [0, 0.05) is 18.2 Å². The van der Waals surface area contributed by atoms with Gasteiger partial charge in [-0.05, 0) is 56.8 Å². The van der Waals surface area contributed by atoms with E-state index in [2.05, 4.69) is 29.1 Å². The van der Waals surface area contributed by atoms with E-state index in [1.54, 1.807) is 0 Å². The van der Waals surface area contributed by atoms with Crippen LogP contribution in [-0.2, 0) is 0 Å². The van der Waals surface area contributed by atoms with Crippen molar-refractivity contribution in [3.8, 4) is 0 Å². The van der Waals surface area contributed by atoms with Gasteiger partial charge in [-0.2, -0.15) is 0 Å². The van der Waals surface area contributed by atoms with Crippen LogP contribution in [-0.4, -0.2) is 23.4 Å². The van der Waals surface area contributed by atoms with Crippen molar-refractivity contribution in [2.45, 2.75) is 57.9 Å². The van der Waals surface area contributed by atoms with Gasteiger partial charge < -0.3 is 9.88 Å². The molecule has 1 saturated carbocycles. The van der Waals surface area contributed by atoms with Crippen LogP contribution in [0.15, 0.2) is 18.3 Å². The number of nitrogens with one attached hydrogen (secondary N) is 1. The Hall–Kier alpha value is -1.09. The summed E-state index contributed by atoms with van der Waals surface area (Å²) in [6, 6.07) is 4.61. The summed E-state index contributed by atoms with van der Waals surface area (Å²) in [4.78, 5) is 13.1. The van der Waals surface area contributed by atoms with Gasteiger partial charge in [-0.15, -0.1) is 0 Å². The van der Waals surface area contributed by atoms with Crippen molar-refractivity contribution < 1.29 is 4.79 Å². The molecule has 2 fully saturated rings. The molecule has 2 atom stereocenters. The lowest BCUT2D eigenvalue weighted by Gasteiger charge is -2.31. The first-order chi connectivity index (χ1) is 10.3. The number of ketones is 1. The van der Waals surface area contributed by atoms with Gasteiger partial charge >= 0.3 is 0 Å². The molecule has 0 aromatic carbocycles. The van der Waals surface area contributed by atoms with Crippen LogP contribution in [0, 0.1) is 11.8 Å². The average molecular weight is 288 g/mol. The van der Waals surface area contributed by atoms with Crippen molar-refractivity contribution >= 4 is 5.78 Å². The topological polar surface area (TPSA) is 34.0 Å². The summed E-state index contributed by atoms with van der Waals surface area (Å²) in [5.74, 6) is 1.27. The fourth-order valence-corrected chi connectivity index (χ4v) is 4.24. The second-order valence-electron chi connectivity index (χ2n) is 6.71. The Morgan fingerprint density at radius 2 is 2.00 bits per heavy atom. The van der Waals surface area contributed by atoms with Crippen molar-refractivity contribution in [3.05, 3.63) is 24.0 Å². The molecule has 3 rings (SSSR count). The Morgan fingerprint density at radius 3 is 2.76 bits per heavy atom. The summed E-state index contributed by atoms with van der Waals surface area (Å²) in [7, 11) is 0. The van der Waals surface area contributed by atoms with Crippen LogP contribution in [0.25, 0.3) is 0 Å². The first-order valence-electron chi connectivity index (χ1n) is 8.73. The molecule has 1 aromatic heterocycles. The van der Waals surface area contributed by atoms with Gasteiger partial charge in [-0.25, -0.2) is 0 Å².